The van der Waals surface area contributed by atoms with Crippen LogP contribution in [0.15, 0.2) is 83.0 Å². The number of carbonyl (C=O) groups is 8. The third-order valence-electron chi connectivity index (χ3n) is 14.4. The molecule has 2 fully saturated rings. The third kappa shape index (κ3) is 14.6. The van der Waals surface area contributed by atoms with Gasteiger partial charge in [-0.1, -0.05) is 45.0 Å². The van der Waals surface area contributed by atoms with Crippen LogP contribution in [-0.4, -0.2) is 130 Å². The first-order chi connectivity index (χ1) is 38.5. The number of ether oxygens (including phenoxy) is 7. The van der Waals surface area contributed by atoms with Crippen molar-refractivity contribution in [2.45, 2.75) is 103 Å². The second kappa shape index (κ2) is 27.3. The highest BCUT2D eigenvalue weighted by Crippen LogP contribution is 2.42. The number of methoxy groups -OCH3 is 4. The fourth-order valence-corrected chi connectivity index (χ4v) is 9.42. The normalized spacial score (nSPS) is 16.5. The molecule has 0 bridgehead atoms. The molecule has 2 saturated heterocycles. The Bertz CT molecular complexity index is 2970. The maximum Gasteiger partial charge on any atom is 0.329 e. The van der Waals surface area contributed by atoms with Crippen LogP contribution in [-0.2, 0) is 51.3 Å². The summed E-state index contributed by atoms with van der Waals surface area (Å²) in [5.74, 6) is -1.92. The number of piperidine rings is 2. The number of hydrogen-bond acceptors (Lipinski definition) is 17. The van der Waals surface area contributed by atoms with Crippen molar-refractivity contribution in [3.63, 3.8) is 0 Å². The van der Waals surface area contributed by atoms with Gasteiger partial charge >= 0.3 is 5.97 Å². The van der Waals surface area contributed by atoms with Gasteiger partial charge in [0.15, 0.2) is 36.2 Å². The molecule has 0 aromatic heterocycles. The van der Waals surface area contributed by atoms with E-state index in [1.165, 1.54) is 24.0 Å². The standard InChI is InChI=1S/C58H69N7O15/c1-8-58(2,3)53(69)56(72)64-27-10-9-18-43(64)57(73)80-44(22-19-35-20-23-45(74-4)46(28-35)75-5)36-14-11-15-38(29-36)78-33-50(67)59-25-13-26-60-51(68)34-79-52-47(76-6)30-37(31-48(52)77-7)62-63-41-17-12-16-39-40(41)32-65(55(39)71)42-21-24-49(66)61-54(42)70/h11-12,14-17,20,23,28-31,42-44H,8-10,13,18-19,21-22,24-27,32-34H2,1-7H3,(H,59,67)(H,60,68)(H,61,66,70). The molecular weight excluding hydrogens is 1030 g/mol. The molecule has 80 heavy (non-hydrogen) atoms. The number of carbonyl (C=O) groups excluding carboxylic acids is 8. The Morgan fingerprint density at radius 1 is 0.775 bits per heavy atom. The number of esters is 1. The molecule has 0 aliphatic carbocycles. The minimum atomic E-state index is -0.935. The van der Waals surface area contributed by atoms with Crippen molar-refractivity contribution in [1.29, 1.82) is 0 Å². The van der Waals surface area contributed by atoms with Gasteiger partial charge in [-0.3, -0.25) is 38.9 Å². The molecule has 3 heterocycles. The molecule has 7 rings (SSSR count). The molecule has 426 valence electrons. The second-order valence-corrected chi connectivity index (χ2v) is 20.0. The number of Topliss-reactive ketones (excluding diaryl/α,β-unsaturated/α-hetero) is 1. The summed E-state index contributed by atoms with van der Waals surface area (Å²) in [6, 6.07) is 18.8. The quantitative estimate of drug-likeness (QED) is 0.0197. The van der Waals surface area contributed by atoms with Gasteiger partial charge in [-0.25, -0.2) is 4.79 Å². The lowest BCUT2D eigenvalue weighted by molar-refractivity contribution is -0.164. The predicted molar refractivity (Wildman–Crippen MR) is 289 cm³/mol. The molecule has 6 amide bonds. The first kappa shape index (κ1) is 59.1. The zero-order chi connectivity index (χ0) is 57.5. The highest BCUT2D eigenvalue weighted by atomic mass is 16.6. The first-order valence-corrected chi connectivity index (χ1v) is 26.6. The summed E-state index contributed by atoms with van der Waals surface area (Å²) < 4.78 is 40.0. The Hall–Kier alpha value is -8.56. The molecule has 4 aromatic rings. The summed E-state index contributed by atoms with van der Waals surface area (Å²) in [6.45, 7) is 5.38. The van der Waals surface area contributed by atoms with Crippen molar-refractivity contribution in [1.82, 2.24) is 25.8 Å². The van der Waals surface area contributed by atoms with Crippen LogP contribution in [0.3, 0.4) is 0 Å². The van der Waals surface area contributed by atoms with Crippen molar-refractivity contribution < 1.29 is 71.5 Å². The number of ketones is 1. The van der Waals surface area contributed by atoms with Crippen LogP contribution in [0.5, 0.6) is 34.5 Å². The van der Waals surface area contributed by atoms with E-state index in [0.29, 0.717) is 90.3 Å². The summed E-state index contributed by atoms with van der Waals surface area (Å²) in [7, 11) is 5.92. The number of nitrogens with one attached hydrogen (secondary N) is 3. The monoisotopic (exact) mass is 1100 g/mol. The number of rotatable bonds is 26. The average Bonchev–Trinajstić information content (AvgIpc) is 3.91. The molecular formula is C58H69N7O15. The number of amides is 6. The molecule has 0 saturated carbocycles. The minimum Gasteiger partial charge on any atom is -0.493 e. The van der Waals surface area contributed by atoms with Crippen molar-refractivity contribution in [2.75, 3.05) is 61.3 Å². The average molecular weight is 1100 g/mol. The smallest absolute Gasteiger partial charge is 0.329 e. The van der Waals surface area contributed by atoms with E-state index in [2.05, 4.69) is 26.2 Å². The van der Waals surface area contributed by atoms with Crippen LogP contribution in [0.1, 0.15) is 105 Å². The third-order valence-corrected chi connectivity index (χ3v) is 14.4. The Morgan fingerprint density at radius 2 is 1.46 bits per heavy atom. The van der Waals surface area contributed by atoms with Gasteiger partial charge in [0, 0.05) is 61.3 Å². The zero-order valence-corrected chi connectivity index (χ0v) is 46.2. The van der Waals surface area contributed by atoms with Crippen LogP contribution in [0.25, 0.3) is 0 Å². The van der Waals surface area contributed by atoms with E-state index in [1.807, 2.05) is 19.1 Å². The highest BCUT2D eigenvalue weighted by Gasteiger charge is 2.42. The van der Waals surface area contributed by atoms with Crippen LogP contribution in [0.2, 0.25) is 0 Å². The summed E-state index contributed by atoms with van der Waals surface area (Å²) >= 11 is 0. The summed E-state index contributed by atoms with van der Waals surface area (Å²) in [5, 5.41) is 16.6. The first-order valence-electron chi connectivity index (χ1n) is 26.6. The number of fused-ring (bicyclic) bond motifs is 1. The summed E-state index contributed by atoms with van der Waals surface area (Å²) in [5.41, 5.74) is 2.31. The number of azo groups is 1. The van der Waals surface area contributed by atoms with Gasteiger partial charge < -0.3 is 53.6 Å². The Kier molecular flexibility index (Phi) is 20.2. The van der Waals surface area contributed by atoms with Crippen LogP contribution in [0, 0.1) is 5.41 Å². The van der Waals surface area contributed by atoms with Gasteiger partial charge in [0.2, 0.25) is 23.3 Å². The molecule has 3 atom stereocenters. The zero-order valence-electron chi connectivity index (χ0n) is 46.2. The van der Waals surface area contributed by atoms with E-state index < -0.39 is 65.6 Å². The van der Waals surface area contributed by atoms with Gasteiger partial charge in [-0.15, -0.1) is 0 Å². The molecule has 0 spiro atoms. The van der Waals surface area contributed by atoms with E-state index in [4.69, 9.17) is 33.2 Å². The van der Waals surface area contributed by atoms with Gasteiger partial charge in [0.1, 0.15) is 23.9 Å². The number of nitrogens with zero attached hydrogens (tertiary/aromatic N) is 4. The number of likely N-dealkylation sites (tertiary alicyclic amines) is 1. The Labute approximate surface area is 464 Å². The van der Waals surface area contributed by atoms with Crippen LogP contribution >= 0.6 is 0 Å². The molecule has 3 aliphatic heterocycles. The lowest BCUT2D eigenvalue weighted by Gasteiger charge is -2.36. The molecule has 3 N–H and O–H groups in total. The number of imide groups is 1. The lowest BCUT2D eigenvalue weighted by atomic mass is 9.84. The fourth-order valence-electron chi connectivity index (χ4n) is 9.42. The van der Waals surface area contributed by atoms with Gasteiger partial charge in [0.05, 0.1) is 39.8 Å². The van der Waals surface area contributed by atoms with Crippen molar-refractivity contribution in [3.05, 3.63) is 95.1 Å². The van der Waals surface area contributed by atoms with E-state index >= 15 is 0 Å². The molecule has 0 radical (unpaired) electrons. The predicted octanol–water partition coefficient (Wildman–Crippen LogP) is 6.58. The minimum absolute atomic E-state index is 0.117. The molecule has 3 aliphatic rings. The van der Waals surface area contributed by atoms with Crippen molar-refractivity contribution in [2.24, 2.45) is 15.6 Å². The Morgan fingerprint density at radius 3 is 2.14 bits per heavy atom. The maximum atomic E-state index is 14.1. The van der Waals surface area contributed by atoms with Gasteiger partial charge in [-0.05, 0) is 98.9 Å². The molecule has 3 unspecified atom stereocenters. The summed E-state index contributed by atoms with van der Waals surface area (Å²) in [6.07, 6.45) is 2.90. The second-order valence-electron chi connectivity index (χ2n) is 20.0. The topological polar surface area (TPSA) is 268 Å². The van der Waals surface area contributed by atoms with E-state index in [9.17, 15) is 38.4 Å². The van der Waals surface area contributed by atoms with E-state index in [1.54, 1.807) is 88.7 Å². The van der Waals surface area contributed by atoms with E-state index in [0.717, 1.165) is 5.56 Å². The molecule has 4 aromatic carbocycles. The van der Waals surface area contributed by atoms with Gasteiger partial charge in [0.25, 0.3) is 23.6 Å². The Balaban J connectivity index is 0.894. The fraction of sp³-hybridized carbons (Fsp3) is 0.448. The van der Waals surface area contributed by atoms with Crippen LogP contribution in [0.4, 0.5) is 11.4 Å². The van der Waals surface area contributed by atoms with E-state index in [-0.39, 0.29) is 74.7 Å². The SMILES string of the molecule is CCC(C)(C)C(=O)C(=O)N1CCCCC1C(=O)OC(CCc1ccc(OC)c(OC)c1)c1cccc(OCC(=O)NCCCNC(=O)COc2c(OC)cc(N=Nc3cccc4c3CN(C3CCC(=O)NC3=O)C4=O)cc2OC)c1. The van der Waals surface area contributed by atoms with Crippen molar-refractivity contribution in [3.8, 4) is 34.5 Å². The maximum absolute atomic E-state index is 14.1. The molecule has 22 heteroatoms. The largest absolute Gasteiger partial charge is 0.493 e. The van der Waals surface area contributed by atoms with Crippen LogP contribution < -0.4 is 44.4 Å². The number of aryl methyl sites for hydroxylation is 1. The number of benzene rings is 4. The molecule has 22 nitrogen and oxygen atoms in total. The summed E-state index contributed by atoms with van der Waals surface area (Å²) in [4.78, 5) is 107. The number of hydrogen-bond donors (Lipinski definition) is 3. The lowest BCUT2D eigenvalue weighted by Crippen LogP contribution is -2.53. The van der Waals surface area contributed by atoms with Gasteiger partial charge in [-0.2, -0.15) is 10.2 Å². The highest BCUT2D eigenvalue weighted by molar-refractivity contribution is 6.38. The van der Waals surface area contributed by atoms with Crippen molar-refractivity contribution >= 4 is 58.6 Å².